The Morgan fingerprint density at radius 3 is 2.82 bits per heavy atom. The zero-order chi connectivity index (χ0) is 12.1. The highest BCUT2D eigenvalue weighted by atomic mass is 15.2. The van der Waals surface area contributed by atoms with Gasteiger partial charge in [-0.05, 0) is 52.1 Å². The molecule has 2 aliphatic heterocycles. The van der Waals surface area contributed by atoms with Crippen molar-refractivity contribution in [2.24, 2.45) is 0 Å². The molecule has 0 spiro atoms. The van der Waals surface area contributed by atoms with Crippen molar-refractivity contribution in [3.8, 4) is 0 Å². The molecule has 3 unspecified atom stereocenters. The van der Waals surface area contributed by atoms with Crippen LogP contribution in [0.25, 0.3) is 0 Å². The van der Waals surface area contributed by atoms with Crippen molar-refractivity contribution in [1.29, 1.82) is 0 Å². The summed E-state index contributed by atoms with van der Waals surface area (Å²) in [6, 6.07) is 2.44. The van der Waals surface area contributed by atoms with Gasteiger partial charge in [-0.3, -0.25) is 4.90 Å². The molecule has 2 saturated heterocycles. The molecule has 0 aromatic carbocycles. The molecule has 2 rings (SSSR count). The molecule has 0 saturated carbocycles. The zero-order valence-electron chi connectivity index (χ0n) is 11.8. The van der Waals surface area contributed by atoms with Gasteiger partial charge in [0, 0.05) is 18.1 Å². The Kier molecular flexibility index (Phi) is 5.30. The van der Waals surface area contributed by atoms with Crippen LogP contribution in [0, 0.1) is 0 Å². The van der Waals surface area contributed by atoms with Gasteiger partial charge in [-0.15, -0.1) is 0 Å². The van der Waals surface area contributed by atoms with E-state index in [-0.39, 0.29) is 0 Å². The van der Waals surface area contributed by atoms with Gasteiger partial charge >= 0.3 is 0 Å². The smallest absolute Gasteiger partial charge is 0.0252 e. The average molecular weight is 238 g/mol. The van der Waals surface area contributed by atoms with Crippen LogP contribution in [0.2, 0.25) is 0 Å². The minimum Gasteiger partial charge on any atom is -0.312 e. The third-order valence-electron chi connectivity index (χ3n) is 4.70. The fourth-order valence-corrected chi connectivity index (χ4v) is 3.69. The summed E-state index contributed by atoms with van der Waals surface area (Å²) >= 11 is 0. The summed E-state index contributed by atoms with van der Waals surface area (Å²) in [7, 11) is 0. The molecule has 17 heavy (non-hydrogen) atoms. The minimum atomic E-state index is 0.797. The number of hydrogen-bond acceptors (Lipinski definition) is 2. The third-order valence-corrected chi connectivity index (χ3v) is 4.70. The first-order chi connectivity index (χ1) is 8.33. The second-order valence-corrected chi connectivity index (χ2v) is 6.00. The topological polar surface area (TPSA) is 15.3 Å². The van der Waals surface area contributed by atoms with E-state index in [0.717, 1.165) is 18.1 Å². The first kappa shape index (κ1) is 13.4. The lowest BCUT2D eigenvalue weighted by Crippen LogP contribution is -2.47. The molecule has 0 bridgehead atoms. The summed E-state index contributed by atoms with van der Waals surface area (Å²) in [4.78, 5) is 2.80. The fourth-order valence-electron chi connectivity index (χ4n) is 3.69. The summed E-state index contributed by atoms with van der Waals surface area (Å²) in [5, 5.41) is 3.71. The summed E-state index contributed by atoms with van der Waals surface area (Å²) < 4.78 is 0. The average Bonchev–Trinajstić information content (AvgIpc) is 2.99. The van der Waals surface area contributed by atoms with Gasteiger partial charge in [-0.2, -0.15) is 0 Å². The predicted molar refractivity (Wildman–Crippen MR) is 74.4 cm³/mol. The largest absolute Gasteiger partial charge is 0.312 e. The predicted octanol–water partition coefficient (Wildman–Crippen LogP) is 3.17. The van der Waals surface area contributed by atoms with Crippen molar-refractivity contribution in [2.45, 2.75) is 83.3 Å². The monoisotopic (exact) mass is 238 g/mol. The van der Waals surface area contributed by atoms with Crippen LogP contribution in [0.3, 0.4) is 0 Å². The van der Waals surface area contributed by atoms with Gasteiger partial charge in [0.2, 0.25) is 0 Å². The van der Waals surface area contributed by atoms with E-state index in [2.05, 4.69) is 24.1 Å². The normalized spacial score (nSPS) is 32.1. The Morgan fingerprint density at radius 2 is 2.12 bits per heavy atom. The molecule has 2 nitrogen and oxygen atoms in total. The van der Waals surface area contributed by atoms with Crippen molar-refractivity contribution >= 4 is 0 Å². The second kappa shape index (κ2) is 6.75. The van der Waals surface area contributed by atoms with E-state index in [0.29, 0.717) is 0 Å². The Labute approximate surface area is 107 Å². The van der Waals surface area contributed by atoms with Gasteiger partial charge < -0.3 is 5.32 Å². The van der Waals surface area contributed by atoms with Crippen molar-refractivity contribution in [3.05, 3.63) is 0 Å². The molecular weight excluding hydrogens is 208 g/mol. The minimum absolute atomic E-state index is 0.797. The summed E-state index contributed by atoms with van der Waals surface area (Å²) in [6.07, 6.45) is 11.2. The molecule has 1 N–H and O–H groups in total. The summed E-state index contributed by atoms with van der Waals surface area (Å²) in [5.74, 6) is 0. The van der Waals surface area contributed by atoms with Gasteiger partial charge in [0.1, 0.15) is 0 Å². The summed E-state index contributed by atoms with van der Waals surface area (Å²) in [6.45, 7) is 7.34. The van der Waals surface area contributed by atoms with Crippen molar-refractivity contribution in [3.63, 3.8) is 0 Å². The lowest BCUT2D eigenvalue weighted by Gasteiger charge is -2.34. The Morgan fingerprint density at radius 1 is 1.24 bits per heavy atom. The molecule has 0 aliphatic carbocycles. The van der Waals surface area contributed by atoms with Crippen molar-refractivity contribution in [1.82, 2.24) is 10.2 Å². The summed E-state index contributed by atoms with van der Waals surface area (Å²) in [5.41, 5.74) is 0. The second-order valence-electron chi connectivity index (χ2n) is 6.00. The molecular formula is C15H30N2. The van der Waals surface area contributed by atoms with Crippen LogP contribution < -0.4 is 5.32 Å². The van der Waals surface area contributed by atoms with E-state index in [4.69, 9.17) is 0 Å². The number of nitrogens with zero attached hydrogens (tertiary/aromatic N) is 1. The maximum Gasteiger partial charge on any atom is 0.0252 e. The molecule has 0 amide bonds. The van der Waals surface area contributed by atoms with Gasteiger partial charge in [0.05, 0.1) is 0 Å². The van der Waals surface area contributed by atoms with Crippen LogP contribution in [-0.4, -0.2) is 36.1 Å². The first-order valence-corrected chi connectivity index (χ1v) is 7.82. The van der Waals surface area contributed by atoms with Crippen LogP contribution >= 0.6 is 0 Å². The Balaban J connectivity index is 1.80. The van der Waals surface area contributed by atoms with Crippen LogP contribution in [0.15, 0.2) is 0 Å². The highest BCUT2D eigenvalue weighted by molar-refractivity contribution is 4.93. The van der Waals surface area contributed by atoms with Crippen molar-refractivity contribution in [2.75, 3.05) is 13.1 Å². The molecule has 0 radical (unpaired) electrons. The molecule has 2 aliphatic rings. The van der Waals surface area contributed by atoms with Crippen LogP contribution in [0.1, 0.15) is 65.2 Å². The number of hydrogen-bond donors (Lipinski definition) is 1. The molecule has 2 heteroatoms. The fraction of sp³-hybridized carbons (Fsp3) is 1.00. The van der Waals surface area contributed by atoms with E-state index in [1.165, 1.54) is 64.5 Å². The van der Waals surface area contributed by atoms with Gasteiger partial charge in [0.25, 0.3) is 0 Å². The van der Waals surface area contributed by atoms with E-state index in [9.17, 15) is 0 Å². The molecule has 3 atom stereocenters. The SMILES string of the molecule is CCCCCC(C)N1CCCC1C1CCCN1. The Hall–Kier alpha value is -0.0800. The molecule has 0 aromatic heterocycles. The van der Waals surface area contributed by atoms with E-state index >= 15 is 0 Å². The van der Waals surface area contributed by atoms with Gasteiger partial charge in [0.15, 0.2) is 0 Å². The standard InChI is InChI=1S/C15H30N2/c1-3-4-5-8-13(2)17-12-7-10-15(17)14-9-6-11-16-14/h13-16H,3-12H2,1-2H3. The highest BCUT2D eigenvalue weighted by Crippen LogP contribution is 2.28. The van der Waals surface area contributed by atoms with Gasteiger partial charge in [-0.1, -0.05) is 26.2 Å². The maximum absolute atomic E-state index is 3.71. The van der Waals surface area contributed by atoms with Crippen LogP contribution in [-0.2, 0) is 0 Å². The zero-order valence-corrected chi connectivity index (χ0v) is 11.8. The lowest BCUT2D eigenvalue weighted by atomic mass is 10.0. The first-order valence-electron chi connectivity index (χ1n) is 7.82. The number of rotatable bonds is 6. The lowest BCUT2D eigenvalue weighted by molar-refractivity contribution is 0.153. The van der Waals surface area contributed by atoms with Gasteiger partial charge in [-0.25, -0.2) is 0 Å². The number of nitrogens with one attached hydrogen (secondary N) is 1. The van der Waals surface area contributed by atoms with E-state index in [1.807, 2.05) is 0 Å². The van der Waals surface area contributed by atoms with E-state index in [1.54, 1.807) is 0 Å². The molecule has 100 valence electrons. The third kappa shape index (κ3) is 3.45. The van der Waals surface area contributed by atoms with E-state index < -0.39 is 0 Å². The quantitative estimate of drug-likeness (QED) is 0.715. The molecule has 0 aromatic rings. The molecule has 2 heterocycles. The number of unbranched alkanes of at least 4 members (excludes halogenated alkanes) is 2. The Bertz CT molecular complexity index is 211. The number of likely N-dealkylation sites (tertiary alicyclic amines) is 1. The van der Waals surface area contributed by atoms with Crippen LogP contribution in [0.5, 0.6) is 0 Å². The van der Waals surface area contributed by atoms with Crippen LogP contribution in [0.4, 0.5) is 0 Å². The van der Waals surface area contributed by atoms with Crippen molar-refractivity contribution < 1.29 is 0 Å². The highest BCUT2D eigenvalue weighted by Gasteiger charge is 2.34. The maximum atomic E-state index is 3.71. The molecule has 2 fully saturated rings.